The fraction of sp³-hybridized carbons (Fsp3) is 0.700. The third-order valence-corrected chi connectivity index (χ3v) is 4.80. The van der Waals surface area contributed by atoms with E-state index in [2.05, 4.69) is 6.92 Å². The zero-order valence-electron chi connectivity index (χ0n) is 16.3. The molecule has 1 rings (SSSR count). The van der Waals surface area contributed by atoms with Crippen LogP contribution in [0.3, 0.4) is 0 Å². The summed E-state index contributed by atoms with van der Waals surface area (Å²) in [5.74, 6) is -11.0. The zero-order valence-corrected chi connectivity index (χ0v) is 16.3. The number of hydrogen-bond acceptors (Lipinski definition) is 3. The van der Waals surface area contributed by atoms with Crippen LogP contribution in [0.4, 0.5) is 22.0 Å². The van der Waals surface area contributed by atoms with Crippen molar-refractivity contribution in [2.45, 2.75) is 90.1 Å². The first-order valence-corrected chi connectivity index (χ1v) is 9.73. The molecular weight excluding hydrogens is 383 g/mol. The van der Waals surface area contributed by atoms with Gasteiger partial charge in [-0.2, -0.15) is 0 Å². The number of unbranched alkanes of at least 4 members (excludes halogenated alkanes) is 6. The molecule has 0 bridgehead atoms. The van der Waals surface area contributed by atoms with Crippen molar-refractivity contribution in [2.24, 2.45) is 0 Å². The molecular formula is C20H29F5O3. The van der Waals surface area contributed by atoms with E-state index in [-0.39, 0.29) is 6.42 Å². The summed E-state index contributed by atoms with van der Waals surface area (Å²) >= 11 is 0. The monoisotopic (exact) mass is 412 g/mol. The molecule has 1 aromatic carbocycles. The van der Waals surface area contributed by atoms with Crippen molar-refractivity contribution in [1.29, 1.82) is 0 Å². The maximum absolute atomic E-state index is 14.0. The first-order valence-electron chi connectivity index (χ1n) is 9.73. The molecule has 8 heteroatoms. The van der Waals surface area contributed by atoms with Gasteiger partial charge in [0.15, 0.2) is 23.3 Å². The summed E-state index contributed by atoms with van der Waals surface area (Å²) in [7, 11) is 0. The number of rotatable bonds is 13. The number of benzene rings is 1. The highest BCUT2D eigenvalue weighted by Gasteiger charge is 2.30. The van der Waals surface area contributed by atoms with Crippen LogP contribution in [0.15, 0.2) is 0 Å². The van der Waals surface area contributed by atoms with Gasteiger partial charge >= 0.3 is 0 Å². The zero-order chi connectivity index (χ0) is 21.3. The molecule has 0 saturated carbocycles. The van der Waals surface area contributed by atoms with Gasteiger partial charge in [0.2, 0.25) is 5.82 Å². The molecule has 0 aliphatic heterocycles. The van der Waals surface area contributed by atoms with E-state index in [0.717, 1.165) is 32.1 Å². The lowest BCUT2D eigenvalue weighted by Crippen LogP contribution is -2.24. The summed E-state index contributed by atoms with van der Waals surface area (Å²) in [6.45, 7) is 1.34. The van der Waals surface area contributed by atoms with Gasteiger partial charge in [-0.25, -0.2) is 22.0 Å². The van der Waals surface area contributed by atoms with Gasteiger partial charge in [0.1, 0.15) is 0 Å². The largest absolute Gasteiger partial charge is 0.346 e. The number of aliphatic hydroxyl groups is 2. The fourth-order valence-electron chi connectivity index (χ4n) is 3.31. The Balaban J connectivity index is 2.74. The standard InChI is InChI=1S/C20H29F5O3/c1-3-4-5-6-7-8-9-10-13(28-20(26)27)11-12(2)14-15(21)17(23)19(25)18(24)16(14)22/h12-13,20,26-27H,3-11H2,1-2H3. The van der Waals surface area contributed by atoms with Gasteiger partial charge in [-0.3, -0.25) is 0 Å². The smallest absolute Gasteiger partial charge is 0.266 e. The van der Waals surface area contributed by atoms with Crippen molar-refractivity contribution in [3.05, 3.63) is 34.6 Å². The molecule has 0 radical (unpaired) electrons. The molecule has 1 aromatic rings. The van der Waals surface area contributed by atoms with Gasteiger partial charge in [-0.05, 0) is 18.8 Å². The van der Waals surface area contributed by atoms with Crippen molar-refractivity contribution >= 4 is 0 Å². The maximum Gasteiger partial charge on any atom is 0.266 e. The third-order valence-electron chi connectivity index (χ3n) is 4.80. The average Bonchev–Trinajstić information content (AvgIpc) is 2.63. The first-order chi connectivity index (χ1) is 13.2. The third kappa shape index (κ3) is 7.29. The van der Waals surface area contributed by atoms with Gasteiger partial charge in [0.05, 0.1) is 6.10 Å². The van der Waals surface area contributed by atoms with Crippen LogP contribution < -0.4 is 0 Å². The van der Waals surface area contributed by atoms with Crippen LogP contribution in [0.2, 0.25) is 0 Å². The van der Waals surface area contributed by atoms with Crippen LogP contribution >= 0.6 is 0 Å². The van der Waals surface area contributed by atoms with E-state index in [4.69, 9.17) is 14.9 Å². The van der Waals surface area contributed by atoms with E-state index in [1.165, 1.54) is 13.3 Å². The molecule has 0 heterocycles. The van der Waals surface area contributed by atoms with E-state index in [1.54, 1.807) is 0 Å². The van der Waals surface area contributed by atoms with E-state index in [9.17, 15) is 22.0 Å². The molecule has 2 N–H and O–H groups in total. The summed E-state index contributed by atoms with van der Waals surface area (Å²) in [6.07, 6.45) is 6.57. The molecule has 0 aliphatic carbocycles. The molecule has 0 saturated heterocycles. The highest BCUT2D eigenvalue weighted by atomic mass is 19.2. The molecule has 0 aliphatic rings. The summed E-state index contributed by atoms with van der Waals surface area (Å²) in [5, 5.41) is 18.1. The lowest BCUT2D eigenvalue weighted by atomic mass is 9.91. The first kappa shape index (κ1) is 24.8. The maximum atomic E-state index is 14.0. The molecule has 0 spiro atoms. The van der Waals surface area contributed by atoms with E-state index in [1.807, 2.05) is 0 Å². The van der Waals surface area contributed by atoms with Gasteiger partial charge in [-0.1, -0.05) is 58.8 Å². The molecule has 0 fully saturated rings. The second-order valence-electron chi connectivity index (χ2n) is 7.11. The highest BCUT2D eigenvalue weighted by molar-refractivity contribution is 5.27. The van der Waals surface area contributed by atoms with Crippen LogP contribution in [0.25, 0.3) is 0 Å². The molecule has 2 atom stereocenters. The van der Waals surface area contributed by atoms with Gasteiger partial charge in [0.25, 0.3) is 6.48 Å². The Morgan fingerprint density at radius 3 is 1.71 bits per heavy atom. The number of halogens is 5. The molecule has 3 nitrogen and oxygen atoms in total. The topological polar surface area (TPSA) is 49.7 Å². The summed E-state index contributed by atoms with van der Waals surface area (Å²) < 4.78 is 72.9. The highest BCUT2D eigenvalue weighted by Crippen LogP contribution is 2.32. The molecule has 2 unspecified atom stereocenters. The van der Waals surface area contributed by atoms with E-state index >= 15 is 0 Å². The van der Waals surface area contributed by atoms with Crippen LogP contribution in [-0.2, 0) is 4.74 Å². The predicted molar refractivity (Wildman–Crippen MR) is 95.0 cm³/mol. The minimum absolute atomic E-state index is 0.119. The Hall–Kier alpha value is -1.25. The molecule has 0 amide bonds. The van der Waals surface area contributed by atoms with Crippen molar-refractivity contribution in [3.8, 4) is 0 Å². The minimum atomic E-state index is -2.20. The van der Waals surface area contributed by atoms with Crippen molar-refractivity contribution in [2.75, 3.05) is 0 Å². The Kier molecular flexibility index (Phi) is 10.9. The van der Waals surface area contributed by atoms with Gasteiger partial charge in [0, 0.05) is 5.56 Å². The molecule has 0 aromatic heterocycles. The quantitative estimate of drug-likeness (QED) is 0.144. The Labute approximate surface area is 162 Å². The van der Waals surface area contributed by atoms with Gasteiger partial charge < -0.3 is 14.9 Å². The minimum Gasteiger partial charge on any atom is -0.346 e. The number of ether oxygens (including phenoxy) is 1. The molecule has 28 heavy (non-hydrogen) atoms. The van der Waals surface area contributed by atoms with Crippen molar-refractivity contribution < 1.29 is 36.9 Å². The van der Waals surface area contributed by atoms with Crippen molar-refractivity contribution in [1.82, 2.24) is 0 Å². The second-order valence-corrected chi connectivity index (χ2v) is 7.11. The second kappa shape index (κ2) is 12.3. The van der Waals surface area contributed by atoms with Crippen LogP contribution in [-0.4, -0.2) is 22.8 Å². The van der Waals surface area contributed by atoms with E-state index in [0.29, 0.717) is 12.8 Å². The van der Waals surface area contributed by atoms with E-state index < -0.39 is 53.1 Å². The Bertz CT molecular complexity index is 581. The molecule has 162 valence electrons. The van der Waals surface area contributed by atoms with Crippen LogP contribution in [0.5, 0.6) is 0 Å². The SMILES string of the molecule is CCCCCCCCCC(CC(C)c1c(F)c(F)c(F)c(F)c1F)OC(O)O. The fourth-order valence-corrected chi connectivity index (χ4v) is 3.31. The summed E-state index contributed by atoms with van der Waals surface area (Å²) in [5.41, 5.74) is -0.919. The van der Waals surface area contributed by atoms with Gasteiger partial charge in [-0.15, -0.1) is 0 Å². The normalized spacial score (nSPS) is 13.9. The lowest BCUT2D eigenvalue weighted by Gasteiger charge is -2.23. The number of hydrogen-bond donors (Lipinski definition) is 2. The Morgan fingerprint density at radius 1 is 0.750 bits per heavy atom. The van der Waals surface area contributed by atoms with Crippen LogP contribution in [0, 0.1) is 29.1 Å². The average molecular weight is 412 g/mol. The number of aliphatic hydroxyl groups excluding tert-OH is 1. The Morgan fingerprint density at radius 2 is 1.21 bits per heavy atom. The van der Waals surface area contributed by atoms with Crippen molar-refractivity contribution in [3.63, 3.8) is 0 Å². The van der Waals surface area contributed by atoms with Crippen LogP contribution in [0.1, 0.15) is 83.1 Å². The predicted octanol–water partition coefficient (Wildman–Crippen LogP) is 5.67. The summed E-state index contributed by atoms with van der Waals surface area (Å²) in [4.78, 5) is 0. The lowest BCUT2D eigenvalue weighted by molar-refractivity contribution is -0.258. The summed E-state index contributed by atoms with van der Waals surface area (Å²) in [6, 6.07) is 0.